The fraction of sp³-hybridized carbons (Fsp3) is 0.227. The zero-order valence-electron chi connectivity index (χ0n) is 16.8. The van der Waals surface area contributed by atoms with E-state index in [0.29, 0.717) is 17.3 Å². The van der Waals surface area contributed by atoms with E-state index in [2.05, 4.69) is 19.2 Å². The number of amides is 1. The lowest BCUT2D eigenvalue weighted by atomic mass is 10.0. The van der Waals surface area contributed by atoms with E-state index in [4.69, 9.17) is 0 Å². The third-order valence-electron chi connectivity index (χ3n) is 4.71. The monoisotopic (exact) mass is 428 g/mol. The van der Waals surface area contributed by atoms with Crippen molar-refractivity contribution in [2.75, 3.05) is 16.7 Å². The van der Waals surface area contributed by atoms with Crippen molar-refractivity contribution in [2.45, 2.75) is 31.6 Å². The van der Waals surface area contributed by atoms with Crippen molar-refractivity contribution in [3.05, 3.63) is 76.0 Å². The lowest BCUT2D eigenvalue weighted by Crippen LogP contribution is -2.28. The Hall–Kier alpha value is -2.64. The standard InChI is InChI=1S/C22H24N2O3S2/c1-15(2)17-7-9-18(10-8-17)23-22(25)21-20(13-14-28-21)29(26,27)24(4)19-11-5-16(3)6-12-19/h5-15H,1-4H3,(H,23,25). The zero-order chi connectivity index (χ0) is 21.2. The normalized spacial score (nSPS) is 11.5. The van der Waals surface area contributed by atoms with Crippen LogP contribution in [-0.2, 0) is 10.0 Å². The fourth-order valence-corrected chi connectivity index (χ4v) is 5.34. The molecule has 7 heteroatoms. The molecule has 3 aromatic rings. The Kier molecular flexibility index (Phi) is 6.10. The Morgan fingerprint density at radius 2 is 1.62 bits per heavy atom. The predicted molar refractivity (Wildman–Crippen MR) is 120 cm³/mol. The highest BCUT2D eigenvalue weighted by molar-refractivity contribution is 7.93. The number of aryl methyl sites for hydroxylation is 1. The van der Waals surface area contributed by atoms with Crippen LogP contribution in [0, 0.1) is 6.92 Å². The molecule has 1 N–H and O–H groups in total. The summed E-state index contributed by atoms with van der Waals surface area (Å²) in [5.41, 5.74) is 3.38. The molecule has 1 aromatic heterocycles. The minimum absolute atomic E-state index is 0.00174. The molecule has 0 spiro atoms. The number of nitrogens with zero attached hydrogens (tertiary/aromatic N) is 1. The molecule has 0 atom stereocenters. The van der Waals surface area contributed by atoms with Gasteiger partial charge in [0.1, 0.15) is 9.77 Å². The predicted octanol–water partition coefficient (Wildman–Crippen LogP) is 5.26. The van der Waals surface area contributed by atoms with Crippen LogP contribution in [0.4, 0.5) is 11.4 Å². The quantitative estimate of drug-likeness (QED) is 0.582. The Bertz CT molecular complexity index is 1100. The van der Waals surface area contributed by atoms with Crippen LogP contribution < -0.4 is 9.62 Å². The molecule has 0 aliphatic rings. The molecule has 0 aliphatic carbocycles. The highest BCUT2D eigenvalue weighted by Crippen LogP contribution is 2.29. The van der Waals surface area contributed by atoms with E-state index >= 15 is 0 Å². The maximum atomic E-state index is 13.1. The van der Waals surface area contributed by atoms with Crippen LogP contribution in [0.25, 0.3) is 0 Å². The van der Waals surface area contributed by atoms with Crippen LogP contribution in [0.3, 0.4) is 0 Å². The molecule has 0 unspecified atom stereocenters. The van der Waals surface area contributed by atoms with Crippen LogP contribution in [0.5, 0.6) is 0 Å². The summed E-state index contributed by atoms with van der Waals surface area (Å²) in [6.45, 7) is 6.13. The minimum atomic E-state index is -3.86. The third-order valence-corrected chi connectivity index (χ3v) is 7.58. The number of anilines is 2. The molecule has 0 bridgehead atoms. The number of hydrogen-bond acceptors (Lipinski definition) is 4. The van der Waals surface area contributed by atoms with E-state index in [1.165, 1.54) is 23.0 Å². The summed E-state index contributed by atoms with van der Waals surface area (Å²) in [6.07, 6.45) is 0. The molecule has 152 valence electrons. The third kappa shape index (κ3) is 4.52. The van der Waals surface area contributed by atoms with Gasteiger partial charge >= 0.3 is 0 Å². The maximum Gasteiger partial charge on any atom is 0.267 e. The summed E-state index contributed by atoms with van der Waals surface area (Å²) in [6, 6.07) is 16.2. The van der Waals surface area contributed by atoms with E-state index < -0.39 is 15.9 Å². The molecule has 0 aliphatic heterocycles. The van der Waals surface area contributed by atoms with Gasteiger partial charge in [-0.05, 0) is 54.1 Å². The topological polar surface area (TPSA) is 66.5 Å². The van der Waals surface area contributed by atoms with Crippen LogP contribution in [0.15, 0.2) is 64.9 Å². The second-order valence-corrected chi connectivity index (χ2v) is 10.0. The number of thiophene rings is 1. The molecule has 0 radical (unpaired) electrons. The smallest absolute Gasteiger partial charge is 0.267 e. The van der Waals surface area contributed by atoms with Crippen molar-refractivity contribution in [1.29, 1.82) is 0 Å². The highest BCUT2D eigenvalue weighted by Gasteiger charge is 2.28. The van der Waals surface area contributed by atoms with Crippen molar-refractivity contribution >= 4 is 38.6 Å². The highest BCUT2D eigenvalue weighted by atomic mass is 32.2. The fourth-order valence-electron chi connectivity index (χ4n) is 2.85. The second-order valence-electron chi connectivity index (χ2n) is 7.15. The van der Waals surface area contributed by atoms with Gasteiger partial charge in [0.15, 0.2) is 0 Å². The average Bonchev–Trinajstić information content (AvgIpc) is 3.19. The van der Waals surface area contributed by atoms with Gasteiger partial charge in [0.05, 0.1) is 5.69 Å². The van der Waals surface area contributed by atoms with Gasteiger partial charge in [-0.3, -0.25) is 9.10 Å². The summed E-state index contributed by atoms with van der Waals surface area (Å²) < 4.78 is 27.5. The number of benzene rings is 2. The number of rotatable bonds is 6. The van der Waals surface area contributed by atoms with Gasteiger partial charge in [-0.25, -0.2) is 8.42 Å². The Morgan fingerprint density at radius 1 is 1.00 bits per heavy atom. The van der Waals surface area contributed by atoms with Gasteiger partial charge in [-0.2, -0.15) is 0 Å². The molecule has 0 saturated carbocycles. The minimum Gasteiger partial charge on any atom is -0.321 e. The van der Waals surface area contributed by atoms with Crippen molar-refractivity contribution in [1.82, 2.24) is 0 Å². The first kappa shape index (κ1) is 21.1. The molecule has 2 aromatic carbocycles. The Morgan fingerprint density at radius 3 is 2.21 bits per heavy atom. The van der Waals surface area contributed by atoms with E-state index in [9.17, 15) is 13.2 Å². The summed E-state index contributed by atoms with van der Waals surface area (Å²) in [7, 11) is -2.37. The van der Waals surface area contributed by atoms with E-state index in [-0.39, 0.29) is 9.77 Å². The summed E-state index contributed by atoms with van der Waals surface area (Å²) in [4.78, 5) is 12.9. The first-order chi connectivity index (χ1) is 13.7. The van der Waals surface area contributed by atoms with E-state index in [0.717, 1.165) is 16.9 Å². The van der Waals surface area contributed by atoms with Gasteiger partial charge in [0.25, 0.3) is 15.9 Å². The van der Waals surface area contributed by atoms with Gasteiger partial charge in [-0.15, -0.1) is 11.3 Å². The molecule has 3 rings (SSSR count). The van der Waals surface area contributed by atoms with Crippen molar-refractivity contribution < 1.29 is 13.2 Å². The lowest BCUT2D eigenvalue weighted by molar-refractivity contribution is 0.102. The second kappa shape index (κ2) is 8.39. The first-order valence-corrected chi connectivity index (χ1v) is 11.6. The number of sulfonamides is 1. The number of nitrogens with one attached hydrogen (secondary N) is 1. The summed E-state index contributed by atoms with van der Waals surface area (Å²) in [5, 5.41) is 4.42. The molecule has 1 amide bonds. The molecular weight excluding hydrogens is 404 g/mol. The largest absolute Gasteiger partial charge is 0.321 e. The van der Waals surface area contributed by atoms with Crippen LogP contribution in [0.1, 0.15) is 40.6 Å². The molecule has 29 heavy (non-hydrogen) atoms. The summed E-state index contributed by atoms with van der Waals surface area (Å²) in [5.74, 6) is -0.0423. The number of carbonyl (C=O) groups is 1. The SMILES string of the molecule is Cc1ccc(N(C)S(=O)(=O)c2ccsc2C(=O)Nc2ccc(C(C)C)cc2)cc1. The molecule has 1 heterocycles. The van der Waals surface area contributed by atoms with Gasteiger partial charge < -0.3 is 5.32 Å². The van der Waals surface area contributed by atoms with E-state index in [1.807, 2.05) is 43.3 Å². The molecule has 0 saturated heterocycles. The number of hydrogen-bond donors (Lipinski definition) is 1. The van der Waals surface area contributed by atoms with Crippen LogP contribution >= 0.6 is 11.3 Å². The van der Waals surface area contributed by atoms with Crippen LogP contribution in [-0.4, -0.2) is 21.4 Å². The summed E-state index contributed by atoms with van der Waals surface area (Å²) >= 11 is 1.11. The van der Waals surface area contributed by atoms with Gasteiger partial charge in [0.2, 0.25) is 0 Å². The van der Waals surface area contributed by atoms with Gasteiger partial charge in [-0.1, -0.05) is 43.7 Å². The lowest BCUT2D eigenvalue weighted by Gasteiger charge is -2.20. The molecule has 5 nitrogen and oxygen atoms in total. The van der Waals surface area contributed by atoms with Crippen LogP contribution in [0.2, 0.25) is 0 Å². The average molecular weight is 429 g/mol. The van der Waals surface area contributed by atoms with Gasteiger partial charge in [0, 0.05) is 12.7 Å². The zero-order valence-corrected chi connectivity index (χ0v) is 18.5. The van der Waals surface area contributed by atoms with Crippen molar-refractivity contribution in [2.24, 2.45) is 0 Å². The molecular formula is C22H24N2O3S2. The molecule has 0 fully saturated rings. The van der Waals surface area contributed by atoms with Crippen molar-refractivity contribution in [3.8, 4) is 0 Å². The van der Waals surface area contributed by atoms with Crippen molar-refractivity contribution in [3.63, 3.8) is 0 Å². The Balaban J connectivity index is 1.85. The first-order valence-electron chi connectivity index (χ1n) is 9.24. The number of carbonyl (C=O) groups excluding carboxylic acids is 1. The Labute approximate surface area is 176 Å². The maximum absolute atomic E-state index is 13.1. The van der Waals surface area contributed by atoms with E-state index in [1.54, 1.807) is 17.5 Å².